The van der Waals surface area contributed by atoms with Gasteiger partial charge in [-0.05, 0) is 29.8 Å². The third-order valence-corrected chi connectivity index (χ3v) is 6.27. The van der Waals surface area contributed by atoms with Crippen LogP contribution in [0.5, 0.6) is 0 Å². The first kappa shape index (κ1) is 14.7. The Morgan fingerprint density at radius 1 is 1.09 bits per heavy atom. The Morgan fingerprint density at radius 3 is 2.23 bits per heavy atom. The summed E-state index contributed by atoms with van der Waals surface area (Å²) < 4.78 is 38.5. The van der Waals surface area contributed by atoms with Crippen molar-refractivity contribution in [1.29, 1.82) is 5.26 Å². The summed E-state index contributed by atoms with van der Waals surface area (Å²) in [4.78, 5) is 0.134. The molecule has 2 aromatic carbocycles. The van der Waals surface area contributed by atoms with Crippen molar-refractivity contribution in [3.05, 3.63) is 66.0 Å². The molecule has 0 bridgehead atoms. The van der Waals surface area contributed by atoms with Crippen LogP contribution in [0.3, 0.4) is 0 Å². The molecule has 0 amide bonds. The minimum atomic E-state index is -3.73. The molecule has 4 nitrogen and oxygen atoms in total. The fourth-order valence-electron chi connectivity index (χ4n) is 2.82. The lowest BCUT2D eigenvalue weighted by molar-refractivity contribution is 0.592. The Kier molecular flexibility index (Phi) is 3.28. The molecule has 1 aliphatic carbocycles. The predicted molar refractivity (Wildman–Crippen MR) is 79.1 cm³/mol. The monoisotopic (exact) mass is 316 g/mol. The zero-order valence-corrected chi connectivity index (χ0v) is 12.3. The molecule has 0 aliphatic heterocycles. The van der Waals surface area contributed by atoms with E-state index in [0.717, 1.165) is 0 Å². The van der Waals surface area contributed by atoms with E-state index in [0.29, 0.717) is 5.56 Å². The molecule has 2 N–H and O–H groups in total. The molecule has 1 saturated carbocycles. The number of hydrogen-bond donors (Lipinski definition) is 1. The van der Waals surface area contributed by atoms with Gasteiger partial charge in [0.1, 0.15) is 16.6 Å². The smallest absolute Gasteiger partial charge is 0.184 e. The summed E-state index contributed by atoms with van der Waals surface area (Å²) in [5.41, 5.74) is 5.05. The molecule has 3 atom stereocenters. The zero-order chi connectivity index (χ0) is 16.0. The summed E-state index contributed by atoms with van der Waals surface area (Å²) >= 11 is 0. The van der Waals surface area contributed by atoms with E-state index in [1.807, 2.05) is 6.07 Å². The van der Waals surface area contributed by atoms with Crippen LogP contribution in [0.1, 0.15) is 11.5 Å². The Morgan fingerprint density at radius 2 is 1.68 bits per heavy atom. The second-order valence-corrected chi connectivity index (χ2v) is 7.42. The second-order valence-electron chi connectivity index (χ2n) is 5.35. The van der Waals surface area contributed by atoms with Crippen molar-refractivity contribution in [3.63, 3.8) is 0 Å². The molecule has 22 heavy (non-hydrogen) atoms. The van der Waals surface area contributed by atoms with Gasteiger partial charge in [0.2, 0.25) is 0 Å². The molecule has 0 spiro atoms. The summed E-state index contributed by atoms with van der Waals surface area (Å²) in [5, 5.41) is 8.29. The fraction of sp³-hybridized carbons (Fsp3) is 0.188. The summed E-state index contributed by atoms with van der Waals surface area (Å²) in [6.07, 6.45) is 0. The van der Waals surface area contributed by atoms with Gasteiger partial charge >= 0.3 is 0 Å². The molecule has 0 unspecified atom stereocenters. The van der Waals surface area contributed by atoms with Crippen molar-refractivity contribution < 1.29 is 12.8 Å². The zero-order valence-electron chi connectivity index (χ0n) is 11.5. The average Bonchev–Trinajstić information content (AvgIpc) is 3.17. The molecule has 0 radical (unpaired) electrons. The molecule has 0 heterocycles. The van der Waals surface area contributed by atoms with Crippen molar-refractivity contribution in [3.8, 4) is 6.07 Å². The first-order valence-corrected chi connectivity index (χ1v) is 8.20. The molecule has 6 heteroatoms. The van der Waals surface area contributed by atoms with Crippen LogP contribution in [0.15, 0.2) is 59.5 Å². The first-order chi connectivity index (χ1) is 10.4. The first-order valence-electron chi connectivity index (χ1n) is 6.66. The lowest BCUT2D eigenvalue weighted by atomic mass is 10.1. The highest BCUT2D eigenvalue weighted by Gasteiger charge is 2.70. The van der Waals surface area contributed by atoms with Gasteiger partial charge in [-0.1, -0.05) is 30.3 Å². The second kappa shape index (κ2) is 4.90. The molecule has 0 aromatic heterocycles. The van der Waals surface area contributed by atoms with Crippen molar-refractivity contribution in [2.75, 3.05) is 0 Å². The van der Waals surface area contributed by atoms with Crippen molar-refractivity contribution >= 4 is 9.84 Å². The Balaban J connectivity index is 2.04. The minimum absolute atomic E-state index is 0.134. The predicted octanol–water partition coefficient (Wildman–Crippen LogP) is 1.99. The molecule has 3 rings (SSSR count). The molecule has 1 aliphatic rings. The normalized spacial score (nSPS) is 27.1. The topological polar surface area (TPSA) is 83.9 Å². The minimum Gasteiger partial charge on any atom is -0.312 e. The van der Waals surface area contributed by atoms with E-state index in [9.17, 15) is 18.1 Å². The van der Waals surface area contributed by atoms with Gasteiger partial charge < -0.3 is 5.73 Å². The Bertz CT molecular complexity index is 844. The van der Waals surface area contributed by atoms with E-state index in [4.69, 9.17) is 5.73 Å². The molecule has 112 valence electrons. The van der Waals surface area contributed by atoms with Crippen molar-refractivity contribution in [1.82, 2.24) is 0 Å². The number of rotatable bonds is 3. The van der Waals surface area contributed by atoms with Gasteiger partial charge in [-0.25, -0.2) is 12.8 Å². The molecule has 0 saturated heterocycles. The quantitative estimate of drug-likeness (QED) is 0.938. The van der Waals surface area contributed by atoms with Crippen LogP contribution in [0, 0.1) is 17.1 Å². The number of benzene rings is 2. The molecular formula is C16H13FN2O2S. The van der Waals surface area contributed by atoms with Gasteiger partial charge in [-0.2, -0.15) is 5.26 Å². The van der Waals surface area contributed by atoms with E-state index < -0.39 is 32.4 Å². The highest BCUT2D eigenvalue weighted by Crippen LogP contribution is 2.55. The van der Waals surface area contributed by atoms with E-state index in [-0.39, 0.29) is 4.90 Å². The van der Waals surface area contributed by atoms with Crippen LogP contribution in [-0.2, 0) is 9.84 Å². The van der Waals surface area contributed by atoms with Crippen LogP contribution in [0.25, 0.3) is 0 Å². The van der Waals surface area contributed by atoms with Crippen LogP contribution in [0.4, 0.5) is 4.39 Å². The number of hydrogen-bond acceptors (Lipinski definition) is 4. The maximum atomic E-state index is 13.0. The lowest BCUT2D eigenvalue weighted by Gasteiger charge is -2.04. The summed E-state index contributed by atoms with van der Waals surface area (Å²) in [5.74, 6) is -1.09. The van der Waals surface area contributed by atoms with Gasteiger partial charge in [-0.15, -0.1) is 0 Å². The number of halogens is 1. The number of nitriles is 1. The number of nitrogens with two attached hydrogens (primary N) is 1. The highest BCUT2D eigenvalue weighted by atomic mass is 32.2. The fourth-order valence-corrected chi connectivity index (χ4v) is 5.03. The largest absolute Gasteiger partial charge is 0.312 e. The summed E-state index contributed by atoms with van der Waals surface area (Å²) in [6.45, 7) is 0. The summed E-state index contributed by atoms with van der Waals surface area (Å²) in [7, 11) is -3.73. The molecular weight excluding hydrogens is 303 g/mol. The molecule has 1 fully saturated rings. The summed E-state index contributed by atoms with van der Waals surface area (Å²) in [6, 6.07) is 15.2. The van der Waals surface area contributed by atoms with Gasteiger partial charge in [0.15, 0.2) is 9.84 Å². The van der Waals surface area contributed by atoms with Gasteiger partial charge in [0, 0.05) is 5.92 Å². The Labute approximate surface area is 127 Å². The lowest BCUT2D eigenvalue weighted by Crippen LogP contribution is -2.29. The van der Waals surface area contributed by atoms with Crippen LogP contribution < -0.4 is 5.73 Å². The van der Waals surface area contributed by atoms with Crippen molar-refractivity contribution in [2.45, 2.75) is 21.6 Å². The van der Waals surface area contributed by atoms with Crippen LogP contribution >= 0.6 is 0 Å². The standard InChI is InChI=1S/C16H13FN2O2S/c17-12-8-6-11(7-9-12)14-15(16(14,19)10-18)22(20,21)13-4-2-1-3-5-13/h1-9,14-15H,19H2/t14-,15+,16+/m1/s1. The van der Waals surface area contributed by atoms with E-state index in [2.05, 4.69) is 0 Å². The molecule has 2 aromatic rings. The van der Waals surface area contributed by atoms with Gasteiger partial charge in [0.25, 0.3) is 0 Å². The van der Waals surface area contributed by atoms with E-state index in [1.54, 1.807) is 18.2 Å². The number of nitrogens with zero attached hydrogens (tertiary/aromatic N) is 1. The maximum absolute atomic E-state index is 13.0. The third kappa shape index (κ3) is 2.10. The van der Waals surface area contributed by atoms with Crippen LogP contribution in [0.2, 0.25) is 0 Å². The van der Waals surface area contributed by atoms with Crippen LogP contribution in [-0.4, -0.2) is 19.2 Å². The third-order valence-electron chi connectivity index (χ3n) is 4.01. The van der Waals surface area contributed by atoms with E-state index >= 15 is 0 Å². The maximum Gasteiger partial charge on any atom is 0.184 e. The van der Waals surface area contributed by atoms with Gasteiger partial charge in [0.05, 0.1) is 11.0 Å². The Hall–Kier alpha value is -2.23. The SMILES string of the molecule is N#C[C@]1(N)[C@H](c2ccc(F)cc2)[C@@H]1S(=O)(=O)c1ccccc1. The highest BCUT2D eigenvalue weighted by molar-refractivity contribution is 7.92. The van der Waals surface area contributed by atoms with Gasteiger partial charge in [-0.3, -0.25) is 0 Å². The average molecular weight is 316 g/mol. The van der Waals surface area contributed by atoms with Crippen molar-refractivity contribution in [2.24, 2.45) is 5.73 Å². The number of sulfone groups is 1. The van der Waals surface area contributed by atoms with E-state index in [1.165, 1.54) is 36.4 Å².